The predicted octanol–water partition coefficient (Wildman–Crippen LogP) is -3.47. The molecule has 0 N–H and O–H groups in total. The first-order valence-corrected chi connectivity index (χ1v) is 3.65. The van der Waals surface area contributed by atoms with Gasteiger partial charge < -0.3 is 9.29 Å². The monoisotopic (exact) mass is 162 g/mol. The minimum atomic E-state index is -4.16. The molecule has 0 spiro atoms. The summed E-state index contributed by atoms with van der Waals surface area (Å²) >= 11 is 0. The van der Waals surface area contributed by atoms with E-state index in [2.05, 4.69) is 4.74 Å². The Labute approximate surface area is 76.6 Å². The van der Waals surface area contributed by atoms with Gasteiger partial charge in [-0.2, -0.15) is 0 Å². The summed E-state index contributed by atoms with van der Waals surface area (Å²) in [6, 6.07) is 0. The van der Waals surface area contributed by atoms with Gasteiger partial charge in [0.25, 0.3) is 0 Å². The van der Waals surface area contributed by atoms with Crippen molar-refractivity contribution in [3.8, 4) is 0 Å². The largest absolute Gasteiger partial charge is 1.00 e. The molecule has 0 aliphatic heterocycles. The summed E-state index contributed by atoms with van der Waals surface area (Å²) in [4.78, 5) is 0. The van der Waals surface area contributed by atoms with Crippen molar-refractivity contribution < 1.29 is 47.3 Å². The molecule has 0 aliphatic carbocycles. The van der Waals surface area contributed by atoms with Crippen LogP contribution in [0.4, 0.5) is 0 Å². The first-order valence-electron chi connectivity index (χ1n) is 2.07. The van der Waals surface area contributed by atoms with Crippen LogP contribution in [0.3, 0.4) is 0 Å². The van der Waals surface area contributed by atoms with Crippen LogP contribution in [0.2, 0.25) is 0 Å². The minimum Gasteiger partial charge on any atom is -0.746 e. The fraction of sp³-hybridized carbons (Fsp3) is 1.00. The predicted molar refractivity (Wildman–Crippen MR) is 26.2 cm³/mol. The van der Waals surface area contributed by atoms with E-state index in [0.29, 0.717) is 0 Å². The van der Waals surface area contributed by atoms with Gasteiger partial charge in [-0.05, 0) is 6.92 Å². The van der Waals surface area contributed by atoms with Gasteiger partial charge in [0.05, 0.1) is 0 Å². The average molecular weight is 162 g/mol. The van der Waals surface area contributed by atoms with Gasteiger partial charge in [0, 0.05) is 6.61 Å². The van der Waals surface area contributed by atoms with E-state index in [1.165, 1.54) is 0 Å². The van der Waals surface area contributed by atoms with Gasteiger partial charge >= 0.3 is 29.6 Å². The molecule has 50 valence electrons. The van der Waals surface area contributed by atoms with E-state index in [-0.39, 0.29) is 36.2 Å². The van der Waals surface area contributed by atoms with Crippen LogP contribution in [0.5, 0.6) is 0 Å². The molecule has 0 saturated carbocycles. The molecule has 4 nitrogen and oxygen atoms in total. The maximum atomic E-state index is 9.71. The van der Waals surface area contributed by atoms with E-state index in [1.807, 2.05) is 0 Å². The Bertz CT molecular complexity index is 140. The van der Waals surface area contributed by atoms with Gasteiger partial charge in [-0.15, -0.1) is 0 Å². The van der Waals surface area contributed by atoms with Crippen LogP contribution in [-0.4, -0.2) is 25.5 Å². The Morgan fingerprint density at radius 3 is 2.11 bits per heavy atom. The third-order valence-electron chi connectivity index (χ3n) is 0.432. The molecule has 0 amide bonds. The van der Waals surface area contributed by atoms with E-state index in [1.54, 1.807) is 6.92 Å². The molecule has 9 heavy (non-hydrogen) atoms. The molecule has 0 radical (unpaired) electrons. The van der Waals surface area contributed by atoms with Gasteiger partial charge in [0.2, 0.25) is 0 Å². The normalized spacial score (nSPS) is 10.4. The fourth-order valence-electron chi connectivity index (χ4n) is 0.185. The summed E-state index contributed by atoms with van der Waals surface area (Å²) in [5.41, 5.74) is 0. The molecule has 0 atom stereocenters. The Hall–Kier alpha value is 0.870. The van der Waals surface area contributed by atoms with Crippen molar-refractivity contribution >= 4 is 10.1 Å². The Morgan fingerprint density at radius 1 is 1.56 bits per heavy atom. The smallest absolute Gasteiger partial charge is 0.746 e. The second-order valence-electron chi connectivity index (χ2n) is 1.17. The average Bonchev–Trinajstić information content (AvgIpc) is 1.59. The summed E-state index contributed by atoms with van der Waals surface area (Å²) in [5.74, 6) is -0.719. The summed E-state index contributed by atoms with van der Waals surface area (Å²) in [6.45, 7) is 1.87. The van der Waals surface area contributed by atoms with Crippen LogP contribution >= 0.6 is 0 Å². The zero-order valence-corrected chi connectivity index (χ0v) is 8.27. The van der Waals surface area contributed by atoms with Crippen molar-refractivity contribution in [2.45, 2.75) is 6.92 Å². The Morgan fingerprint density at radius 2 is 2.00 bits per heavy atom. The number of ether oxygens (including phenoxy) is 1. The molecule has 0 aliphatic rings. The third kappa shape index (κ3) is 12.1. The van der Waals surface area contributed by atoms with Crippen LogP contribution in [-0.2, 0) is 14.9 Å². The standard InChI is InChI=1S/C3H8O4S.Na/c1-2-7-3-8(4,5)6;/h2-3H2,1H3,(H,4,5,6);/q;+1/p-1. The van der Waals surface area contributed by atoms with Gasteiger partial charge in [0.1, 0.15) is 16.1 Å². The molecule has 0 unspecified atom stereocenters. The minimum absolute atomic E-state index is 0. The first kappa shape index (κ1) is 12.5. The summed E-state index contributed by atoms with van der Waals surface area (Å²) in [5, 5.41) is 0. The van der Waals surface area contributed by atoms with Gasteiger partial charge in [-0.25, -0.2) is 8.42 Å². The second-order valence-corrected chi connectivity index (χ2v) is 2.52. The van der Waals surface area contributed by atoms with Crippen molar-refractivity contribution in [3.05, 3.63) is 0 Å². The van der Waals surface area contributed by atoms with Crippen molar-refractivity contribution in [1.82, 2.24) is 0 Å². The maximum Gasteiger partial charge on any atom is 1.00 e. The molecule has 0 saturated heterocycles. The second kappa shape index (κ2) is 5.64. The van der Waals surface area contributed by atoms with Crippen LogP contribution in [0.15, 0.2) is 0 Å². The van der Waals surface area contributed by atoms with Crippen molar-refractivity contribution in [3.63, 3.8) is 0 Å². The Kier molecular flexibility index (Phi) is 7.86. The third-order valence-corrected chi connectivity index (χ3v) is 0.887. The van der Waals surface area contributed by atoms with Crippen LogP contribution < -0.4 is 29.6 Å². The van der Waals surface area contributed by atoms with Gasteiger partial charge in [0.15, 0.2) is 0 Å². The number of hydrogen-bond donors (Lipinski definition) is 0. The van der Waals surface area contributed by atoms with Crippen LogP contribution in [0.1, 0.15) is 6.92 Å². The van der Waals surface area contributed by atoms with Crippen LogP contribution in [0.25, 0.3) is 0 Å². The molecule has 0 bridgehead atoms. The molecule has 0 aromatic rings. The molecular weight excluding hydrogens is 155 g/mol. The van der Waals surface area contributed by atoms with Gasteiger partial charge in [-0.3, -0.25) is 0 Å². The maximum absolute atomic E-state index is 9.71. The van der Waals surface area contributed by atoms with Crippen molar-refractivity contribution in [1.29, 1.82) is 0 Å². The first-order chi connectivity index (χ1) is 3.56. The fourth-order valence-corrected chi connectivity index (χ4v) is 0.556. The van der Waals surface area contributed by atoms with Crippen LogP contribution in [0, 0.1) is 0 Å². The zero-order valence-electron chi connectivity index (χ0n) is 5.46. The van der Waals surface area contributed by atoms with Gasteiger partial charge in [-0.1, -0.05) is 0 Å². The van der Waals surface area contributed by atoms with E-state index >= 15 is 0 Å². The number of hydrogen-bond acceptors (Lipinski definition) is 4. The summed E-state index contributed by atoms with van der Waals surface area (Å²) in [7, 11) is -4.16. The SMILES string of the molecule is CCOCS(=O)(=O)[O-].[Na+]. The molecule has 0 rings (SSSR count). The quantitative estimate of drug-likeness (QED) is 0.319. The molecule has 0 aromatic heterocycles. The van der Waals surface area contributed by atoms with Crippen molar-refractivity contribution in [2.75, 3.05) is 12.5 Å². The zero-order chi connectivity index (χ0) is 6.62. The van der Waals surface area contributed by atoms with E-state index in [0.717, 1.165) is 0 Å². The van der Waals surface area contributed by atoms with Crippen molar-refractivity contribution in [2.24, 2.45) is 0 Å². The van der Waals surface area contributed by atoms with E-state index in [9.17, 15) is 13.0 Å². The summed E-state index contributed by atoms with van der Waals surface area (Å²) < 4.78 is 33.4. The number of rotatable bonds is 3. The molecule has 0 heterocycles. The summed E-state index contributed by atoms with van der Waals surface area (Å²) in [6.07, 6.45) is 0. The topological polar surface area (TPSA) is 66.4 Å². The molecule has 0 fully saturated rings. The Balaban J connectivity index is 0. The molecular formula is C3H7NaO4S. The van der Waals surface area contributed by atoms with E-state index < -0.39 is 16.1 Å². The molecule has 6 heteroatoms. The van der Waals surface area contributed by atoms with E-state index in [4.69, 9.17) is 0 Å². The molecule has 0 aromatic carbocycles.